The Labute approximate surface area is 185 Å². The first-order valence-electron chi connectivity index (χ1n) is 11.9. The molecule has 0 bridgehead atoms. The van der Waals surface area contributed by atoms with Gasteiger partial charge in [0, 0.05) is 50.2 Å². The van der Waals surface area contributed by atoms with Crippen molar-refractivity contribution in [1.82, 2.24) is 20.2 Å². The van der Waals surface area contributed by atoms with Crippen LogP contribution in [0.5, 0.6) is 0 Å². The maximum absolute atomic E-state index is 6.05. The summed E-state index contributed by atoms with van der Waals surface area (Å²) in [6.07, 6.45) is 11.0. The van der Waals surface area contributed by atoms with Gasteiger partial charge in [-0.25, -0.2) is 4.98 Å². The first-order chi connectivity index (χ1) is 15.2. The van der Waals surface area contributed by atoms with E-state index in [9.17, 15) is 0 Å². The lowest BCUT2D eigenvalue weighted by molar-refractivity contribution is 0.0203. The van der Waals surface area contributed by atoms with Gasteiger partial charge in [-0.05, 0) is 68.8 Å². The third kappa shape index (κ3) is 3.75. The molecule has 6 heteroatoms. The number of nitrogens with zero attached hydrogens (tertiary/aromatic N) is 4. The van der Waals surface area contributed by atoms with E-state index in [4.69, 9.17) is 14.7 Å². The lowest BCUT2D eigenvalue weighted by atomic mass is 9.90. The van der Waals surface area contributed by atoms with E-state index in [0.29, 0.717) is 12.1 Å². The molecule has 1 saturated heterocycles. The van der Waals surface area contributed by atoms with E-state index >= 15 is 0 Å². The van der Waals surface area contributed by atoms with E-state index in [2.05, 4.69) is 40.4 Å². The number of ether oxygens (including phenoxy) is 1. The maximum atomic E-state index is 6.05. The highest BCUT2D eigenvalue weighted by molar-refractivity contribution is 5.53. The number of fused-ring (bicyclic) bond motifs is 2. The highest BCUT2D eigenvalue weighted by Crippen LogP contribution is 2.43. The first-order valence-corrected chi connectivity index (χ1v) is 11.9. The van der Waals surface area contributed by atoms with Crippen LogP contribution in [-0.4, -0.2) is 59.8 Å². The SMILES string of the molecule is CN(C[C@@H]1Cc2c(ccnc2N2CCOC3(CC3)C2)CN1)[C@H]1CCCc2cccnc21. The van der Waals surface area contributed by atoms with Gasteiger partial charge in [0.05, 0.1) is 23.9 Å². The maximum Gasteiger partial charge on any atom is 0.132 e. The smallest absolute Gasteiger partial charge is 0.132 e. The van der Waals surface area contributed by atoms with Gasteiger partial charge in [0.1, 0.15) is 5.82 Å². The summed E-state index contributed by atoms with van der Waals surface area (Å²) in [5.41, 5.74) is 5.69. The van der Waals surface area contributed by atoms with Crippen molar-refractivity contribution in [3.63, 3.8) is 0 Å². The van der Waals surface area contributed by atoms with E-state index in [-0.39, 0.29) is 5.60 Å². The third-order valence-corrected chi connectivity index (χ3v) is 7.72. The molecule has 2 aliphatic carbocycles. The topological polar surface area (TPSA) is 53.5 Å². The van der Waals surface area contributed by atoms with Gasteiger partial charge in [0.25, 0.3) is 0 Å². The zero-order chi connectivity index (χ0) is 20.8. The molecule has 0 amide bonds. The van der Waals surface area contributed by atoms with Crippen molar-refractivity contribution in [3.8, 4) is 0 Å². The minimum Gasteiger partial charge on any atom is -0.371 e. The first kappa shape index (κ1) is 19.6. The van der Waals surface area contributed by atoms with E-state index in [1.54, 1.807) is 0 Å². The Morgan fingerprint density at radius 1 is 1.23 bits per heavy atom. The Morgan fingerprint density at radius 2 is 2.16 bits per heavy atom. The van der Waals surface area contributed by atoms with E-state index in [0.717, 1.165) is 39.2 Å². The summed E-state index contributed by atoms with van der Waals surface area (Å²) in [4.78, 5) is 14.6. The molecule has 0 unspecified atom stereocenters. The molecule has 2 atom stereocenters. The van der Waals surface area contributed by atoms with Crippen molar-refractivity contribution >= 4 is 5.82 Å². The molecule has 0 radical (unpaired) electrons. The van der Waals surface area contributed by atoms with Crippen LogP contribution in [0.15, 0.2) is 30.6 Å². The fourth-order valence-electron chi connectivity index (χ4n) is 5.84. The highest BCUT2D eigenvalue weighted by Gasteiger charge is 2.48. The minimum absolute atomic E-state index is 0.122. The van der Waals surface area contributed by atoms with Crippen LogP contribution in [0, 0.1) is 0 Å². The number of pyridine rings is 2. The average Bonchev–Trinajstić information content (AvgIpc) is 3.56. The number of hydrogen-bond donors (Lipinski definition) is 1. The van der Waals surface area contributed by atoms with Crippen LogP contribution in [0.25, 0.3) is 0 Å². The molecule has 4 heterocycles. The van der Waals surface area contributed by atoms with E-state index in [1.807, 2.05) is 12.4 Å². The zero-order valence-corrected chi connectivity index (χ0v) is 18.5. The second-order valence-corrected chi connectivity index (χ2v) is 9.90. The number of morpholine rings is 1. The van der Waals surface area contributed by atoms with E-state index in [1.165, 1.54) is 60.3 Å². The molecule has 1 saturated carbocycles. The molecular formula is C25H33N5O. The molecule has 2 aromatic heterocycles. The second kappa shape index (κ2) is 7.84. The Balaban J connectivity index is 1.19. The molecule has 0 aromatic carbocycles. The van der Waals surface area contributed by atoms with Gasteiger partial charge in [-0.2, -0.15) is 0 Å². The van der Waals surface area contributed by atoms with Crippen LogP contribution in [0.1, 0.15) is 54.1 Å². The molecule has 6 rings (SSSR count). The highest BCUT2D eigenvalue weighted by atomic mass is 16.5. The monoisotopic (exact) mass is 419 g/mol. The van der Waals surface area contributed by atoms with Gasteiger partial charge < -0.3 is 15.0 Å². The van der Waals surface area contributed by atoms with Crippen molar-refractivity contribution in [3.05, 3.63) is 53.0 Å². The number of likely N-dealkylation sites (N-methyl/N-ethyl adjacent to an activating group) is 1. The number of rotatable bonds is 4. The largest absolute Gasteiger partial charge is 0.371 e. The number of aromatic nitrogens is 2. The molecule has 1 N–H and O–H groups in total. The number of aryl methyl sites for hydroxylation is 1. The summed E-state index contributed by atoms with van der Waals surface area (Å²) in [5.74, 6) is 1.20. The zero-order valence-electron chi connectivity index (χ0n) is 18.5. The Morgan fingerprint density at radius 3 is 3.06 bits per heavy atom. The summed E-state index contributed by atoms with van der Waals surface area (Å²) < 4.78 is 6.05. The summed E-state index contributed by atoms with van der Waals surface area (Å²) in [6.45, 7) is 4.73. The summed E-state index contributed by atoms with van der Waals surface area (Å²) in [7, 11) is 2.27. The van der Waals surface area contributed by atoms with Crippen molar-refractivity contribution in [2.75, 3.05) is 38.2 Å². The predicted molar refractivity (Wildman–Crippen MR) is 121 cm³/mol. The van der Waals surface area contributed by atoms with Gasteiger partial charge in [0.2, 0.25) is 0 Å². The lowest BCUT2D eigenvalue weighted by Gasteiger charge is -2.38. The van der Waals surface area contributed by atoms with Crippen LogP contribution >= 0.6 is 0 Å². The van der Waals surface area contributed by atoms with Gasteiger partial charge in [-0.1, -0.05) is 6.07 Å². The van der Waals surface area contributed by atoms with Crippen LogP contribution in [0.2, 0.25) is 0 Å². The van der Waals surface area contributed by atoms with Crippen molar-refractivity contribution in [2.24, 2.45) is 0 Å². The molecule has 164 valence electrons. The van der Waals surface area contributed by atoms with Crippen molar-refractivity contribution in [1.29, 1.82) is 0 Å². The third-order valence-electron chi connectivity index (χ3n) is 7.72. The minimum atomic E-state index is 0.122. The van der Waals surface area contributed by atoms with E-state index < -0.39 is 0 Å². The molecule has 2 fully saturated rings. The van der Waals surface area contributed by atoms with Crippen LogP contribution in [0.3, 0.4) is 0 Å². The molecule has 2 aromatic rings. The number of hydrogen-bond acceptors (Lipinski definition) is 6. The normalized spacial score (nSPS) is 26.6. The van der Waals surface area contributed by atoms with Crippen LogP contribution in [0.4, 0.5) is 5.82 Å². The molecular weight excluding hydrogens is 386 g/mol. The summed E-state index contributed by atoms with van der Waals surface area (Å²) in [5, 5.41) is 3.79. The van der Waals surface area contributed by atoms with Crippen molar-refractivity contribution < 1.29 is 4.74 Å². The number of anilines is 1. The van der Waals surface area contributed by atoms with Gasteiger partial charge in [0.15, 0.2) is 0 Å². The van der Waals surface area contributed by atoms with Gasteiger partial charge >= 0.3 is 0 Å². The molecule has 6 nitrogen and oxygen atoms in total. The number of nitrogens with one attached hydrogen (secondary N) is 1. The fourth-order valence-corrected chi connectivity index (χ4v) is 5.84. The second-order valence-electron chi connectivity index (χ2n) is 9.90. The van der Waals surface area contributed by atoms with Gasteiger partial charge in [-0.3, -0.25) is 9.88 Å². The summed E-state index contributed by atoms with van der Waals surface area (Å²) in [6, 6.07) is 7.39. The Kier molecular flexibility index (Phi) is 4.97. The molecule has 4 aliphatic rings. The lowest BCUT2D eigenvalue weighted by Crippen LogP contribution is -2.47. The standard InChI is InChI=1S/C25H33N5O/c1-29(22-6-2-4-18-5-3-10-26-23(18)22)16-20-14-21-19(15-28-20)7-11-27-24(21)30-12-13-31-25(17-30)8-9-25/h3,5,7,10-11,20,22,28H,2,4,6,8-9,12-17H2,1H3/t20-,22-/m0/s1. The average molecular weight is 420 g/mol. The van der Waals surface area contributed by atoms with Crippen molar-refractivity contribution in [2.45, 2.75) is 62.8 Å². The van der Waals surface area contributed by atoms with Crippen LogP contribution < -0.4 is 10.2 Å². The summed E-state index contributed by atoms with van der Waals surface area (Å²) >= 11 is 0. The molecule has 1 spiro atoms. The molecule has 31 heavy (non-hydrogen) atoms. The predicted octanol–water partition coefficient (Wildman–Crippen LogP) is 2.87. The van der Waals surface area contributed by atoms with Gasteiger partial charge in [-0.15, -0.1) is 0 Å². The fraction of sp³-hybridized carbons (Fsp3) is 0.600. The Hall–Kier alpha value is -2.02. The molecule has 2 aliphatic heterocycles. The van der Waals surface area contributed by atoms with Crippen LogP contribution in [-0.2, 0) is 24.1 Å². The quantitative estimate of drug-likeness (QED) is 0.823. The Bertz CT molecular complexity index is 959.